The Labute approximate surface area is 106 Å². The van der Waals surface area contributed by atoms with Gasteiger partial charge in [0.05, 0.1) is 11.1 Å². The molecule has 1 heteroatoms. The summed E-state index contributed by atoms with van der Waals surface area (Å²) in [4.78, 5) is 0. The largest absolute Gasteiger partial charge is 0.359 e. The number of benzene rings is 2. The van der Waals surface area contributed by atoms with Gasteiger partial charge in [0.2, 0.25) is 0 Å². The van der Waals surface area contributed by atoms with Crippen molar-refractivity contribution < 1.29 is 4.42 Å². The normalized spacial score (nSPS) is 10.2. The van der Waals surface area contributed by atoms with E-state index in [1.165, 1.54) is 5.56 Å². The molecule has 18 heavy (non-hydrogen) atoms. The third-order valence-corrected chi connectivity index (χ3v) is 2.89. The molecule has 86 valence electrons. The van der Waals surface area contributed by atoms with Crippen LogP contribution in [0.4, 0.5) is 0 Å². The van der Waals surface area contributed by atoms with Gasteiger partial charge in [0.1, 0.15) is 0 Å². The van der Waals surface area contributed by atoms with E-state index >= 15 is 0 Å². The lowest BCUT2D eigenvalue weighted by atomic mass is 10.1. The fourth-order valence-electron chi connectivity index (χ4n) is 1.93. The topological polar surface area (TPSA) is 11.3 Å². The van der Waals surface area contributed by atoms with Gasteiger partial charge in [-0.2, -0.15) is 0 Å². The zero-order valence-corrected chi connectivity index (χ0v) is 9.91. The minimum absolute atomic E-state index is 0.885. The van der Waals surface area contributed by atoms with Crippen LogP contribution in [0.3, 0.4) is 0 Å². The Bertz CT molecular complexity index is 554. The molecular formula is C17H13O+. The van der Waals surface area contributed by atoms with E-state index in [9.17, 15) is 0 Å². The average molecular weight is 233 g/mol. The lowest BCUT2D eigenvalue weighted by Gasteiger charge is -1.96. The van der Waals surface area contributed by atoms with Gasteiger partial charge >= 0.3 is 12.0 Å². The second-order valence-corrected chi connectivity index (χ2v) is 4.12. The van der Waals surface area contributed by atoms with E-state index in [0.717, 1.165) is 16.9 Å². The van der Waals surface area contributed by atoms with E-state index in [0.29, 0.717) is 0 Å². The van der Waals surface area contributed by atoms with Gasteiger partial charge in [-0.1, -0.05) is 48.5 Å². The quantitative estimate of drug-likeness (QED) is 0.573. The van der Waals surface area contributed by atoms with E-state index < -0.39 is 0 Å². The molecule has 0 fully saturated rings. The molecule has 0 N–H and O–H groups in total. The van der Waals surface area contributed by atoms with Gasteiger partial charge in [0.15, 0.2) is 0 Å². The van der Waals surface area contributed by atoms with Crippen molar-refractivity contribution in [2.75, 3.05) is 0 Å². The van der Waals surface area contributed by atoms with Crippen molar-refractivity contribution in [1.82, 2.24) is 0 Å². The van der Waals surface area contributed by atoms with Gasteiger partial charge in [-0.15, -0.1) is 0 Å². The molecule has 0 aliphatic heterocycles. The number of hydrogen-bond acceptors (Lipinski definition) is 0. The highest BCUT2D eigenvalue weighted by molar-refractivity contribution is 5.65. The zero-order chi connectivity index (χ0) is 12.2. The molecule has 2 aromatic carbocycles. The standard InChI is InChI=1S/C17H13O/c1-3-7-14(8-4-1)16-11-12-17(18-13-16)15-9-5-2-6-10-15/h1-13H/q+1. The SMILES string of the molecule is c1ccc(-c2ccc(-c3ccccc3)[o+]c2)cc1. The van der Waals surface area contributed by atoms with Gasteiger partial charge in [-0.25, -0.2) is 4.42 Å². The summed E-state index contributed by atoms with van der Waals surface area (Å²) in [5, 5.41) is 0. The van der Waals surface area contributed by atoms with Gasteiger partial charge in [0, 0.05) is 6.07 Å². The van der Waals surface area contributed by atoms with Gasteiger partial charge < -0.3 is 0 Å². The van der Waals surface area contributed by atoms with Crippen LogP contribution >= 0.6 is 0 Å². The molecule has 0 atom stereocenters. The molecule has 0 aliphatic rings. The van der Waals surface area contributed by atoms with Crippen LogP contribution in [-0.2, 0) is 0 Å². The predicted molar refractivity (Wildman–Crippen MR) is 74.0 cm³/mol. The molecule has 0 saturated carbocycles. The molecule has 3 rings (SSSR count). The molecule has 1 nitrogen and oxygen atoms in total. The first kappa shape index (κ1) is 10.7. The van der Waals surface area contributed by atoms with Crippen LogP contribution in [0, 0.1) is 0 Å². The summed E-state index contributed by atoms with van der Waals surface area (Å²) in [6, 6.07) is 24.4. The van der Waals surface area contributed by atoms with Crippen LogP contribution in [0.15, 0.2) is 83.5 Å². The van der Waals surface area contributed by atoms with Gasteiger partial charge in [0.25, 0.3) is 0 Å². The first-order chi connectivity index (χ1) is 8.93. The molecule has 0 unspecified atom stereocenters. The van der Waals surface area contributed by atoms with Crippen LogP contribution in [0.1, 0.15) is 0 Å². The number of hydrogen-bond donors (Lipinski definition) is 0. The fraction of sp³-hybridized carbons (Fsp3) is 0. The van der Waals surface area contributed by atoms with Crippen LogP contribution in [0.2, 0.25) is 0 Å². The van der Waals surface area contributed by atoms with Crippen LogP contribution < -0.4 is 0 Å². The van der Waals surface area contributed by atoms with Crippen molar-refractivity contribution in [1.29, 1.82) is 0 Å². The summed E-state index contributed by atoms with van der Waals surface area (Å²) < 4.78 is 5.70. The lowest BCUT2D eigenvalue weighted by molar-refractivity contribution is 0.568. The summed E-state index contributed by atoms with van der Waals surface area (Å²) >= 11 is 0. The number of rotatable bonds is 2. The van der Waals surface area contributed by atoms with E-state index in [4.69, 9.17) is 4.42 Å². The van der Waals surface area contributed by atoms with Crippen molar-refractivity contribution in [2.45, 2.75) is 0 Å². The van der Waals surface area contributed by atoms with E-state index in [2.05, 4.69) is 18.2 Å². The smallest absolute Gasteiger partial charge is 0.215 e. The maximum absolute atomic E-state index is 5.70. The third-order valence-electron chi connectivity index (χ3n) is 2.89. The van der Waals surface area contributed by atoms with E-state index in [1.807, 2.05) is 54.6 Å². The van der Waals surface area contributed by atoms with Crippen LogP contribution in [-0.4, -0.2) is 0 Å². The van der Waals surface area contributed by atoms with Crippen LogP contribution in [0.5, 0.6) is 0 Å². The Hall–Kier alpha value is -2.41. The summed E-state index contributed by atoms with van der Waals surface area (Å²) in [7, 11) is 0. The molecule has 3 aromatic rings. The minimum Gasteiger partial charge on any atom is -0.215 e. The predicted octanol–water partition coefficient (Wildman–Crippen LogP) is 4.89. The highest BCUT2D eigenvalue weighted by Crippen LogP contribution is 2.24. The highest BCUT2D eigenvalue weighted by atomic mass is 16.3. The minimum atomic E-state index is 0.885. The van der Waals surface area contributed by atoms with Crippen molar-refractivity contribution >= 4 is 0 Å². The molecule has 0 saturated heterocycles. The Morgan fingerprint density at radius 3 is 1.67 bits per heavy atom. The van der Waals surface area contributed by atoms with Crippen molar-refractivity contribution in [3.63, 3.8) is 0 Å². The average Bonchev–Trinajstić information content (AvgIpc) is 2.49. The zero-order valence-electron chi connectivity index (χ0n) is 9.91. The summed E-state index contributed by atoms with van der Waals surface area (Å²) in [5.74, 6) is 0.885. The first-order valence-corrected chi connectivity index (χ1v) is 5.96. The van der Waals surface area contributed by atoms with Gasteiger partial charge in [-0.05, 0) is 23.8 Å². The molecular weight excluding hydrogens is 220 g/mol. The Morgan fingerprint density at radius 2 is 1.11 bits per heavy atom. The molecule has 0 spiro atoms. The molecule has 0 radical (unpaired) electrons. The molecule has 0 aliphatic carbocycles. The lowest BCUT2D eigenvalue weighted by Crippen LogP contribution is -1.79. The Kier molecular flexibility index (Phi) is 2.89. The monoisotopic (exact) mass is 233 g/mol. The maximum Gasteiger partial charge on any atom is 0.359 e. The molecule has 1 heterocycles. The first-order valence-electron chi connectivity index (χ1n) is 5.96. The molecule has 0 amide bonds. The van der Waals surface area contributed by atoms with Crippen molar-refractivity contribution in [2.24, 2.45) is 0 Å². The highest BCUT2D eigenvalue weighted by Gasteiger charge is 2.11. The Morgan fingerprint density at radius 1 is 0.500 bits per heavy atom. The second kappa shape index (κ2) is 4.84. The molecule has 0 bridgehead atoms. The maximum atomic E-state index is 5.70. The third kappa shape index (κ3) is 2.16. The van der Waals surface area contributed by atoms with Crippen LogP contribution in [0.25, 0.3) is 22.5 Å². The summed E-state index contributed by atoms with van der Waals surface area (Å²) in [6.45, 7) is 0. The van der Waals surface area contributed by atoms with E-state index in [1.54, 1.807) is 6.26 Å². The van der Waals surface area contributed by atoms with Crippen molar-refractivity contribution in [3.05, 3.63) is 79.1 Å². The summed E-state index contributed by atoms with van der Waals surface area (Å²) in [5.41, 5.74) is 3.35. The van der Waals surface area contributed by atoms with Gasteiger partial charge in [-0.3, -0.25) is 0 Å². The Balaban J connectivity index is 1.95. The van der Waals surface area contributed by atoms with Crippen molar-refractivity contribution in [3.8, 4) is 22.5 Å². The summed E-state index contributed by atoms with van der Waals surface area (Å²) in [6.07, 6.45) is 1.80. The fourth-order valence-corrected chi connectivity index (χ4v) is 1.93. The second-order valence-electron chi connectivity index (χ2n) is 4.12. The van der Waals surface area contributed by atoms with E-state index in [-0.39, 0.29) is 0 Å². The molecule has 1 aromatic heterocycles.